The van der Waals surface area contributed by atoms with Crippen molar-refractivity contribution in [2.75, 3.05) is 5.32 Å². The van der Waals surface area contributed by atoms with Crippen molar-refractivity contribution in [3.8, 4) is 6.07 Å². The minimum Gasteiger partial charge on any atom is -0.335 e. The zero-order valence-corrected chi connectivity index (χ0v) is 13.8. The Morgan fingerprint density at radius 3 is 2.45 bits per heavy atom. The van der Waals surface area contributed by atoms with Crippen molar-refractivity contribution >= 4 is 11.5 Å². The van der Waals surface area contributed by atoms with E-state index in [0.29, 0.717) is 11.4 Å². The summed E-state index contributed by atoms with van der Waals surface area (Å²) in [6, 6.07) is 2.25. The first kappa shape index (κ1) is 16.0. The molecule has 6 heteroatoms. The van der Waals surface area contributed by atoms with Gasteiger partial charge < -0.3 is 5.32 Å². The molecule has 2 aromatic heterocycles. The van der Waals surface area contributed by atoms with Crippen LogP contribution in [0.3, 0.4) is 0 Å². The molecule has 0 fully saturated rings. The van der Waals surface area contributed by atoms with E-state index in [2.05, 4.69) is 47.5 Å². The topological polar surface area (TPSA) is 79.4 Å². The van der Waals surface area contributed by atoms with Gasteiger partial charge in [-0.1, -0.05) is 13.8 Å². The molecular weight excluding hydrogens is 276 g/mol. The standard InChI is InChI=1S/C16H22N6/c1-6-12-13(8-17)15(21-20-14(12)7-2)19-11-9-18-22(10-11)16(3,4)5/h9-10H,6-7H2,1-5H3,(H,19,21). The van der Waals surface area contributed by atoms with Crippen molar-refractivity contribution in [1.82, 2.24) is 20.0 Å². The van der Waals surface area contributed by atoms with Crippen LogP contribution in [0.15, 0.2) is 12.4 Å². The number of aromatic nitrogens is 4. The largest absolute Gasteiger partial charge is 0.335 e. The molecule has 116 valence electrons. The molecular formula is C16H22N6. The Morgan fingerprint density at radius 2 is 1.95 bits per heavy atom. The number of hydrogen-bond donors (Lipinski definition) is 1. The molecule has 0 amide bonds. The van der Waals surface area contributed by atoms with Gasteiger partial charge in [0, 0.05) is 6.20 Å². The summed E-state index contributed by atoms with van der Waals surface area (Å²) in [5.41, 5.74) is 3.12. The van der Waals surface area contributed by atoms with Gasteiger partial charge in [-0.2, -0.15) is 15.5 Å². The van der Waals surface area contributed by atoms with Gasteiger partial charge in [0.15, 0.2) is 5.82 Å². The SMILES string of the molecule is CCc1nnc(Nc2cnn(C(C)(C)C)c2)c(C#N)c1CC. The summed E-state index contributed by atoms with van der Waals surface area (Å²) in [4.78, 5) is 0. The molecule has 0 unspecified atom stereocenters. The van der Waals surface area contributed by atoms with Gasteiger partial charge in [-0.25, -0.2) is 0 Å². The monoisotopic (exact) mass is 298 g/mol. The summed E-state index contributed by atoms with van der Waals surface area (Å²) in [5, 5.41) is 25.4. The second kappa shape index (κ2) is 6.14. The van der Waals surface area contributed by atoms with Crippen molar-refractivity contribution in [3.63, 3.8) is 0 Å². The Bertz CT molecular complexity index is 702. The molecule has 0 aromatic carbocycles. The highest BCUT2D eigenvalue weighted by molar-refractivity contribution is 5.63. The first-order valence-electron chi connectivity index (χ1n) is 7.51. The Morgan fingerprint density at radius 1 is 1.23 bits per heavy atom. The zero-order chi connectivity index (χ0) is 16.3. The number of anilines is 2. The molecule has 6 nitrogen and oxygen atoms in total. The van der Waals surface area contributed by atoms with Crippen molar-refractivity contribution < 1.29 is 0 Å². The summed E-state index contributed by atoms with van der Waals surface area (Å²) in [7, 11) is 0. The first-order valence-corrected chi connectivity index (χ1v) is 7.51. The normalized spacial score (nSPS) is 11.3. The average molecular weight is 298 g/mol. The third-order valence-electron chi connectivity index (χ3n) is 3.49. The number of aryl methyl sites for hydroxylation is 1. The number of rotatable bonds is 4. The highest BCUT2D eigenvalue weighted by atomic mass is 15.3. The second-order valence-electron chi connectivity index (χ2n) is 6.14. The first-order chi connectivity index (χ1) is 10.4. The van der Waals surface area contributed by atoms with Crippen LogP contribution in [-0.2, 0) is 18.4 Å². The third kappa shape index (κ3) is 3.08. The molecule has 2 rings (SSSR count). The molecule has 2 heterocycles. The van der Waals surface area contributed by atoms with Crippen LogP contribution in [-0.4, -0.2) is 20.0 Å². The van der Waals surface area contributed by atoms with E-state index >= 15 is 0 Å². The maximum absolute atomic E-state index is 9.48. The lowest BCUT2D eigenvalue weighted by Gasteiger charge is -2.18. The lowest BCUT2D eigenvalue weighted by molar-refractivity contribution is 0.355. The Balaban J connectivity index is 2.38. The van der Waals surface area contributed by atoms with Gasteiger partial charge in [-0.15, -0.1) is 5.10 Å². The molecule has 0 aliphatic carbocycles. The van der Waals surface area contributed by atoms with Gasteiger partial charge in [0.1, 0.15) is 11.6 Å². The highest BCUT2D eigenvalue weighted by Gasteiger charge is 2.17. The van der Waals surface area contributed by atoms with E-state index in [1.54, 1.807) is 6.20 Å². The molecule has 0 spiro atoms. The lowest BCUT2D eigenvalue weighted by Crippen LogP contribution is -2.21. The van der Waals surface area contributed by atoms with E-state index in [-0.39, 0.29) is 5.54 Å². The van der Waals surface area contributed by atoms with Gasteiger partial charge in [-0.05, 0) is 39.2 Å². The van der Waals surface area contributed by atoms with Crippen molar-refractivity contribution in [2.24, 2.45) is 0 Å². The maximum Gasteiger partial charge on any atom is 0.171 e. The van der Waals surface area contributed by atoms with Crippen LogP contribution < -0.4 is 5.32 Å². The van der Waals surface area contributed by atoms with E-state index in [9.17, 15) is 5.26 Å². The van der Waals surface area contributed by atoms with E-state index < -0.39 is 0 Å². The highest BCUT2D eigenvalue weighted by Crippen LogP contribution is 2.24. The van der Waals surface area contributed by atoms with Crippen LogP contribution in [0.25, 0.3) is 0 Å². The fourth-order valence-electron chi connectivity index (χ4n) is 2.27. The molecule has 0 aliphatic heterocycles. The summed E-state index contributed by atoms with van der Waals surface area (Å²) in [5.74, 6) is 0.491. The predicted octanol–water partition coefficient (Wildman–Crippen LogP) is 3.17. The van der Waals surface area contributed by atoms with E-state index in [0.717, 1.165) is 29.8 Å². The molecule has 1 N–H and O–H groups in total. The van der Waals surface area contributed by atoms with Gasteiger partial charge in [0.25, 0.3) is 0 Å². The molecule has 2 aromatic rings. The van der Waals surface area contributed by atoms with E-state index in [1.165, 1.54) is 0 Å². The fourth-order valence-corrected chi connectivity index (χ4v) is 2.27. The third-order valence-corrected chi connectivity index (χ3v) is 3.49. The van der Waals surface area contributed by atoms with Crippen molar-refractivity contribution in [3.05, 3.63) is 29.2 Å². The van der Waals surface area contributed by atoms with Gasteiger partial charge in [-0.3, -0.25) is 4.68 Å². The van der Waals surface area contributed by atoms with E-state index in [1.807, 2.05) is 24.7 Å². The number of nitriles is 1. The summed E-state index contributed by atoms with van der Waals surface area (Å²) >= 11 is 0. The quantitative estimate of drug-likeness (QED) is 0.937. The molecule has 0 radical (unpaired) electrons. The van der Waals surface area contributed by atoms with E-state index in [4.69, 9.17) is 0 Å². The van der Waals surface area contributed by atoms with Crippen LogP contribution in [0.4, 0.5) is 11.5 Å². The lowest BCUT2D eigenvalue weighted by atomic mass is 10.0. The zero-order valence-electron chi connectivity index (χ0n) is 13.8. The average Bonchev–Trinajstić information content (AvgIpc) is 2.95. The van der Waals surface area contributed by atoms with Gasteiger partial charge in [0.2, 0.25) is 0 Å². The second-order valence-corrected chi connectivity index (χ2v) is 6.14. The molecule has 0 saturated heterocycles. The van der Waals surface area contributed by atoms with Crippen LogP contribution in [0.2, 0.25) is 0 Å². The molecule has 0 saturated carbocycles. The minimum absolute atomic E-state index is 0.0929. The van der Waals surface area contributed by atoms with Crippen LogP contribution in [0, 0.1) is 11.3 Å². The molecule has 0 aliphatic rings. The Kier molecular flexibility index (Phi) is 4.45. The van der Waals surface area contributed by atoms with Crippen molar-refractivity contribution in [1.29, 1.82) is 5.26 Å². The number of nitrogens with one attached hydrogen (secondary N) is 1. The fraction of sp³-hybridized carbons (Fsp3) is 0.500. The summed E-state index contributed by atoms with van der Waals surface area (Å²) in [6.07, 6.45) is 5.17. The predicted molar refractivity (Wildman–Crippen MR) is 86.0 cm³/mol. The Labute approximate surface area is 131 Å². The number of hydrogen-bond acceptors (Lipinski definition) is 5. The van der Waals surface area contributed by atoms with Gasteiger partial charge >= 0.3 is 0 Å². The molecule has 0 atom stereocenters. The molecule has 0 bridgehead atoms. The van der Waals surface area contributed by atoms with Crippen LogP contribution in [0.1, 0.15) is 51.4 Å². The van der Waals surface area contributed by atoms with Crippen LogP contribution >= 0.6 is 0 Å². The number of nitrogens with zero attached hydrogens (tertiary/aromatic N) is 5. The van der Waals surface area contributed by atoms with Crippen LogP contribution in [0.5, 0.6) is 0 Å². The smallest absolute Gasteiger partial charge is 0.171 e. The van der Waals surface area contributed by atoms with Crippen molar-refractivity contribution in [2.45, 2.75) is 53.0 Å². The Hall–Kier alpha value is -2.42. The summed E-state index contributed by atoms with van der Waals surface area (Å²) < 4.78 is 1.87. The molecule has 22 heavy (non-hydrogen) atoms. The van der Waals surface area contributed by atoms with Gasteiger partial charge in [0.05, 0.1) is 23.1 Å². The maximum atomic E-state index is 9.48. The minimum atomic E-state index is -0.0929. The summed E-state index contributed by atoms with van der Waals surface area (Å²) in [6.45, 7) is 10.3.